The minimum atomic E-state index is -0.708. The molecule has 0 radical (unpaired) electrons. The molecule has 7 heteroatoms. The number of ether oxygens (including phenoxy) is 1. The van der Waals surface area contributed by atoms with E-state index in [1.54, 1.807) is 7.11 Å². The van der Waals surface area contributed by atoms with Crippen molar-refractivity contribution < 1.29 is 14.6 Å². The minimum Gasteiger partial charge on any atom is -0.497 e. The molecule has 0 saturated carbocycles. The zero-order valence-corrected chi connectivity index (χ0v) is 19.7. The van der Waals surface area contributed by atoms with Crippen LogP contribution in [0.25, 0.3) is 16.9 Å². The molecule has 2 N–H and O–H groups in total. The lowest BCUT2D eigenvalue weighted by Gasteiger charge is -2.13. The summed E-state index contributed by atoms with van der Waals surface area (Å²) in [6.07, 6.45) is 0.238. The number of thiazole rings is 1. The van der Waals surface area contributed by atoms with Crippen LogP contribution in [-0.2, 0) is 11.3 Å². The van der Waals surface area contributed by atoms with Crippen molar-refractivity contribution >= 4 is 17.2 Å². The third-order valence-corrected chi connectivity index (χ3v) is 6.23. The Labute approximate surface area is 202 Å². The summed E-state index contributed by atoms with van der Waals surface area (Å²) >= 11 is 1.47. The van der Waals surface area contributed by atoms with Crippen molar-refractivity contribution in [3.8, 4) is 22.7 Å². The fraction of sp³-hybridized carbons (Fsp3) is 0.185. The van der Waals surface area contributed by atoms with Gasteiger partial charge in [-0.05, 0) is 35.4 Å². The van der Waals surface area contributed by atoms with E-state index in [0.717, 1.165) is 28.3 Å². The van der Waals surface area contributed by atoms with E-state index in [2.05, 4.69) is 5.32 Å². The Morgan fingerprint density at radius 2 is 1.71 bits per heavy atom. The topological polar surface area (TPSA) is 75.8 Å². The van der Waals surface area contributed by atoms with Crippen LogP contribution in [0.4, 0.5) is 0 Å². The summed E-state index contributed by atoms with van der Waals surface area (Å²) in [6.45, 7) is 0.279. The smallest absolute Gasteiger partial charge is 0.245 e. The van der Waals surface area contributed by atoms with Gasteiger partial charge in [-0.15, -0.1) is 11.3 Å². The average molecular weight is 474 g/mol. The van der Waals surface area contributed by atoms with E-state index in [9.17, 15) is 9.90 Å². The van der Waals surface area contributed by atoms with Crippen molar-refractivity contribution in [3.63, 3.8) is 0 Å². The summed E-state index contributed by atoms with van der Waals surface area (Å²) in [5.41, 5.74) is 3.94. The number of carbonyl (C=O) groups excluding carboxylic acids is 1. The Morgan fingerprint density at radius 1 is 1.03 bits per heavy atom. The number of amides is 1. The third kappa shape index (κ3) is 5.62. The Kier molecular flexibility index (Phi) is 7.91. The molecule has 4 rings (SSSR count). The molecule has 0 bridgehead atoms. The van der Waals surface area contributed by atoms with Gasteiger partial charge in [0, 0.05) is 30.6 Å². The fourth-order valence-electron chi connectivity index (χ4n) is 3.60. The van der Waals surface area contributed by atoms with Gasteiger partial charge in [0.25, 0.3) is 0 Å². The highest BCUT2D eigenvalue weighted by atomic mass is 32.1. The number of aliphatic hydroxyl groups is 1. The number of aliphatic hydroxyl groups excluding tert-OH is 1. The molecule has 6 nitrogen and oxygen atoms in total. The number of nitrogens with zero attached hydrogens (tertiary/aromatic N) is 2. The molecule has 174 valence electrons. The van der Waals surface area contributed by atoms with E-state index >= 15 is 0 Å². The number of nitrogens with one attached hydrogen (secondary N) is 1. The zero-order chi connectivity index (χ0) is 23.8. The Balaban J connectivity index is 1.72. The van der Waals surface area contributed by atoms with Gasteiger partial charge in [-0.25, -0.2) is 4.99 Å². The predicted octanol–water partition coefficient (Wildman–Crippen LogP) is 4.18. The first-order valence-corrected chi connectivity index (χ1v) is 11.9. The maximum absolute atomic E-state index is 13.0. The normalized spacial score (nSPS) is 12.4. The first-order chi connectivity index (χ1) is 16.7. The van der Waals surface area contributed by atoms with Crippen LogP contribution in [-0.4, -0.2) is 35.3 Å². The fourth-order valence-corrected chi connectivity index (χ4v) is 4.56. The summed E-state index contributed by atoms with van der Waals surface area (Å²) in [5, 5.41) is 14.6. The minimum absolute atomic E-state index is 0.133. The van der Waals surface area contributed by atoms with E-state index in [1.165, 1.54) is 11.3 Å². The number of hydrogen-bond donors (Lipinski definition) is 2. The number of benzene rings is 3. The monoisotopic (exact) mass is 473 g/mol. The Bertz CT molecular complexity index is 1270. The second-order valence-corrected chi connectivity index (χ2v) is 8.50. The highest BCUT2D eigenvalue weighted by Gasteiger charge is 2.18. The van der Waals surface area contributed by atoms with Crippen LogP contribution < -0.4 is 14.9 Å². The molecule has 3 aromatic carbocycles. The lowest BCUT2D eigenvalue weighted by molar-refractivity contribution is -0.122. The first-order valence-electron chi connectivity index (χ1n) is 11.1. The van der Waals surface area contributed by atoms with Crippen molar-refractivity contribution in [1.29, 1.82) is 0 Å². The molecule has 0 spiro atoms. The van der Waals surface area contributed by atoms with Gasteiger partial charge in [0.05, 0.1) is 12.8 Å². The molecule has 4 aromatic rings. The maximum atomic E-state index is 13.0. The molecule has 1 amide bonds. The number of methoxy groups -OCH3 is 1. The quantitative estimate of drug-likeness (QED) is 0.383. The Hall–Kier alpha value is -3.68. The molecule has 0 saturated heterocycles. The van der Waals surface area contributed by atoms with E-state index in [4.69, 9.17) is 9.73 Å². The first kappa shape index (κ1) is 23.5. The van der Waals surface area contributed by atoms with Gasteiger partial charge < -0.3 is 15.2 Å². The van der Waals surface area contributed by atoms with E-state index in [0.29, 0.717) is 11.3 Å². The Morgan fingerprint density at radius 3 is 2.35 bits per heavy atom. The highest BCUT2D eigenvalue weighted by molar-refractivity contribution is 7.07. The van der Waals surface area contributed by atoms with Crippen molar-refractivity contribution in [3.05, 3.63) is 101 Å². The molecule has 0 aliphatic rings. The van der Waals surface area contributed by atoms with Gasteiger partial charge in [-0.1, -0.05) is 60.7 Å². The second-order valence-electron chi connectivity index (χ2n) is 7.66. The van der Waals surface area contributed by atoms with E-state index in [-0.39, 0.29) is 18.9 Å². The number of carbonyl (C=O) groups is 1. The van der Waals surface area contributed by atoms with E-state index in [1.807, 2.05) is 94.9 Å². The van der Waals surface area contributed by atoms with Crippen LogP contribution in [0.2, 0.25) is 0 Å². The zero-order valence-electron chi connectivity index (χ0n) is 18.9. The van der Waals surface area contributed by atoms with Gasteiger partial charge in [0.2, 0.25) is 5.91 Å². The number of rotatable bonds is 9. The summed E-state index contributed by atoms with van der Waals surface area (Å²) in [4.78, 5) is 18.5. The summed E-state index contributed by atoms with van der Waals surface area (Å²) in [5.74, 6) is 0.548. The number of aromatic nitrogens is 1. The lowest BCUT2D eigenvalue weighted by atomic mass is 10.1. The van der Waals surface area contributed by atoms with Crippen LogP contribution in [0.3, 0.4) is 0 Å². The van der Waals surface area contributed by atoms with E-state index < -0.39 is 6.04 Å². The summed E-state index contributed by atoms with van der Waals surface area (Å²) in [7, 11) is 1.64. The lowest BCUT2D eigenvalue weighted by Crippen LogP contribution is -2.35. The standard InChI is InChI=1S/C27H27N3O3S/c1-33-23-14-12-22(13-15-23)30-25(21-10-6-3-7-11-21)19-34-27(30)29-24(16-17-31)26(32)28-18-20-8-4-2-5-9-20/h2-15,19,24,31H,16-18H2,1H3,(H,28,32)/t24-/m0/s1. The maximum Gasteiger partial charge on any atom is 0.245 e. The molecule has 0 fully saturated rings. The van der Waals surface area contributed by atoms with Crippen LogP contribution in [0.15, 0.2) is 95.3 Å². The third-order valence-electron chi connectivity index (χ3n) is 5.39. The van der Waals surface area contributed by atoms with Gasteiger partial charge in [-0.2, -0.15) is 0 Å². The van der Waals surface area contributed by atoms with Crippen molar-refractivity contribution in [1.82, 2.24) is 9.88 Å². The molecule has 0 unspecified atom stereocenters. The molecule has 1 atom stereocenters. The second kappa shape index (κ2) is 11.4. The van der Waals surface area contributed by atoms with Crippen LogP contribution in [0, 0.1) is 0 Å². The summed E-state index contributed by atoms with van der Waals surface area (Å²) in [6, 6.07) is 26.8. The molecular weight excluding hydrogens is 446 g/mol. The molecule has 34 heavy (non-hydrogen) atoms. The predicted molar refractivity (Wildman–Crippen MR) is 135 cm³/mol. The molecule has 1 aromatic heterocycles. The molecule has 0 aliphatic carbocycles. The average Bonchev–Trinajstić information content (AvgIpc) is 3.31. The molecular formula is C27H27N3O3S. The van der Waals surface area contributed by atoms with Gasteiger partial charge >= 0.3 is 0 Å². The molecule has 1 heterocycles. The summed E-state index contributed by atoms with van der Waals surface area (Å²) < 4.78 is 7.35. The van der Waals surface area contributed by atoms with Crippen LogP contribution >= 0.6 is 11.3 Å². The highest BCUT2D eigenvalue weighted by Crippen LogP contribution is 2.24. The van der Waals surface area contributed by atoms with Crippen molar-refractivity contribution in [2.75, 3.05) is 13.7 Å². The molecule has 0 aliphatic heterocycles. The van der Waals surface area contributed by atoms with Crippen molar-refractivity contribution in [2.45, 2.75) is 19.0 Å². The van der Waals surface area contributed by atoms with Gasteiger partial charge in [-0.3, -0.25) is 9.36 Å². The van der Waals surface area contributed by atoms with Crippen LogP contribution in [0.1, 0.15) is 12.0 Å². The SMILES string of the molecule is COc1ccc(-n2c(-c3ccccc3)csc2=N[C@@H](CCO)C(=O)NCc2ccccc2)cc1. The number of hydrogen-bond acceptors (Lipinski definition) is 5. The largest absolute Gasteiger partial charge is 0.497 e. The van der Waals surface area contributed by atoms with Gasteiger partial charge in [0.1, 0.15) is 11.8 Å². The van der Waals surface area contributed by atoms with Gasteiger partial charge in [0.15, 0.2) is 4.80 Å². The van der Waals surface area contributed by atoms with Crippen molar-refractivity contribution in [2.24, 2.45) is 4.99 Å². The van der Waals surface area contributed by atoms with Crippen LogP contribution in [0.5, 0.6) is 5.75 Å².